The minimum Gasteiger partial charge on any atom is -0.481 e. The minimum atomic E-state index is -0.770. The zero-order chi connectivity index (χ0) is 17.9. The molecule has 0 bridgehead atoms. The van der Waals surface area contributed by atoms with E-state index in [9.17, 15) is 9.59 Å². The average Bonchev–Trinajstić information content (AvgIpc) is 2.77. The summed E-state index contributed by atoms with van der Waals surface area (Å²) in [5, 5.41) is 0. The van der Waals surface area contributed by atoms with Crippen molar-refractivity contribution in [3.05, 3.63) is 51.4 Å². The van der Waals surface area contributed by atoms with Crippen molar-refractivity contribution < 1.29 is 18.7 Å². The van der Waals surface area contributed by atoms with Gasteiger partial charge in [-0.2, -0.15) is 0 Å². The number of nitrogens with one attached hydrogen (secondary N) is 2. The Labute approximate surface area is 148 Å². The molecule has 2 N–H and O–H groups in total. The van der Waals surface area contributed by atoms with E-state index in [1.54, 1.807) is 45.9 Å². The van der Waals surface area contributed by atoms with E-state index in [1.807, 2.05) is 6.07 Å². The van der Waals surface area contributed by atoms with Crippen molar-refractivity contribution in [2.24, 2.45) is 0 Å². The first kappa shape index (κ1) is 18.1. The van der Waals surface area contributed by atoms with Gasteiger partial charge < -0.3 is 9.15 Å². The Morgan fingerprint density at radius 1 is 1.17 bits per heavy atom. The third-order valence-electron chi connectivity index (χ3n) is 3.57. The molecular weight excluding hydrogens is 376 g/mol. The van der Waals surface area contributed by atoms with Crippen LogP contribution in [0.15, 0.2) is 33.2 Å². The largest absolute Gasteiger partial charge is 0.481 e. The lowest BCUT2D eigenvalue weighted by Gasteiger charge is -2.15. The highest BCUT2D eigenvalue weighted by Crippen LogP contribution is 2.20. The third kappa shape index (κ3) is 4.17. The molecule has 0 saturated heterocycles. The van der Waals surface area contributed by atoms with Gasteiger partial charge in [0, 0.05) is 10.0 Å². The number of hydrazine groups is 1. The van der Waals surface area contributed by atoms with Gasteiger partial charge in [0.2, 0.25) is 0 Å². The lowest BCUT2D eigenvalue weighted by atomic mass is 10.1. The number of furan rings is 1. The van der Waals surface area contributed by atoms with E-state index in [2.05, 4.69) is 26.8 Å². The van der Waals surface area contributed by atoms with Gasteiger partial charge >= 0.3 is 0 Å². The van der Waals surface area contributed by atoms with Crippen molar-refractivity contribution in [2.45, 2.75) is 33.8 Å². The van der Waals surface area contributed by atoms with E-state index >= 15 is 0 Å². The number of hydrogen-bond acceptors (Lipinski definition) is 4. The first-order valence-corrected chi connectivity index (χ1v) is 8.18. The zero-order valence-electron chi connectivity index (χ0n) is 13.9. The number of carbonyl (C=O) groups is 2. The Morgan fingerprint density at radius 2 is 1.88 bits per heavy atom. The molecule has 7 heteroatoms. The van der Waals surface area contributed by atoms with Crippen LogP contribution in [0.5, 0.6) is 5.75 Å². The van der Waals surface area contributed by atoms with Crippen LogP contribution in [0.2, 0.25) is 0 Å². The highest BCUT2D eigenvalue weighted by Gasteiger charge is 2.20. The SMILES string of the molecule is Cc1oc(C)c(C(=O)NNC(=O)C(C)Oc2cccc(Br)c2)c1C. The molecule has 6 nitrogen and oxygen atoms in total. The van der Waals surface area contributed by atoms with Gasteiger partial charge in [-0.25, -0.2) is 0 Å². The second-order valence-corrected chi connectivity index (χ2v) is 6.29. The number of benzene rings is 1. The van der Waals surface area contributed by atoms with Crippen LogP contribution in [0.4, 0.5) is 0 Å². The standard InChI is InChI=1S/C17H19BrN2O4/c1-9-10(2)23-11(3)15(9)17(22)20-19-16(21)12(4)24-14-7-5-6-13(18)8-14/h5-8,12H,1-4H3,(H,19,21)(H,20,22). The normalized spacial score (nSPS) is 11.7. The Hall–Kier alpha value is -2.28. The molecular formula is C17H19BrN2O4. The number of hydrogen-bond donors (Lipinski definition) is 2. The van der Waals surface area contributed by atoms with Crippen LogP contribution in [0.1, 0.15) is 34.4 Å². The smallest absolute Gasteiger partial charge is 0.279 e. The van der Waals surface area contributed by atoms with Crippen LogP contribution < -0.4 is 15.6 Å². The van der Waals surface area contributed by atoms with Gasteiger partial charge in [-0.1, -0.05) is 22.0 Å². The van der Waals surface area contributed by atoms with E-state index in [1.165, 1.54) is 0 Å². The quantitative estimate of drug-likeness (QED) is 0.780. The van der Waals surface area contributed by atoms with E-state index in [0.29, 0.717) is 22.8 Å². The van der Waals surface area contributed by atoms with E-state index < -0.39 is 17.9 Å². The molecule has 2 rings (SSSR count). The predicted molar refractivity (Wildman–Crippen MR) is 92.8 cm³/mol. The Bertz CT molecular complexity index is 770. The van der Waals surface area contributed by atoms with Gasteiger partial charge in [0.15, 0.2) is 6.10 Å². The first-order chi connectivity index (χ1) is 11.3. The van der Waals surface area contributed by atoms with Crippen LogP contribution in [0, 0.1) is 20.8 Å². The van der Waals surface area contributed by atoms with Crippen LogP contribution in [-0.4, -0.2) is 17.9 Å². The molecule has 0 saturated carbocycles. The summed E-state index contributed by atoms with van der Waals surface area (Å²) in [6.07, 6.45) is -0.770. The van der Waals surface area contributed by atoms with Crippen LogP contribution in [0.3, 0.4) is 0 Å². The molecule has 0 aliphatic rings. The fraction of sp³-hybridized carbons (Fsp3) is 0.294. The maximum atomic E-state index is 12.2. The lowest BCUT2D eigenvalue weighted by Crippen LogP contribution is -2.47. The molecule has 2 amide bonds. The van der Waals surface area contributed by atoms with Gasteiger partial charge in [-0.3, -0.25) is 20.4 Å². The Kier molecular flexibility index (Phi) is 5.66. The summed E-state index contributed by atoms with van der Waals surface area (Å²) in [5.41, 5.74) is 5.92. The van der Waals surface area contributed by atoms with Crippen molar-refractivity contribution >= 4 is 27.7 Å². The molecule has 0 fully saturated rings. The fourth-order valence-electron chi connectivity index (χ4n) is 2.21. The summed E-state index contributed by atoms with van der Waals surface area (Å²) in [6.45, 7) is 6.88. The summed E-state index contributed by atoms with van der Waals surface area (Å²) >= 11 is 3.33. The molecule has 128 valence electrons. The van der Waals surface area contributed by atoms with Crippen LogP contribution in [0.25, 0.3) is 0 Å². The molecule has 0 radical (unpaired) electrons. The highest BCUT2D eigenvalue weighted by molar-refractivity contribution is 9.10. The second kappa shape index (κ2) is 7.53. The van der Waals surface area contributed by atoms with Crippen LogP contribution in [-0.2, 0) is 4.79 Å². The van der Waals surface area contributed by atoms with Gasteiger partial charge in [-0.15, -0.1) is 0 Å². The predicted octanol–water partition coefficient (Wildman–Crippen LogP) is 3.20. The second-order valence-electron chi connectivity index (χ2n) is 5.38. The number of aryl methyl sites for hydroxylation is 2. The summed E-state index contributed by atoms with van der Waals surface area (Å²) in [4.78, 5) is 24.3. The number of halogens is 1. The molecule has 2 aromatic rings. The lowest BCUT2D eigenvalue weighted by molar-refractivity contribution is -0.128. The van der Waals surface area contributed by atoms with Crippen molar-refractivity contribution in [3.8, 4) is 5.75 Å². The maximum absolute atomic E-state index is 12.2. The summed E-state index contributed by atoms with van der Waals surface area (Å²) < 4.78 is 11.8. The fourth-order valence-corrected chi connectivity index (χ4v) is 2.59. The monoisotopic (exact) mass is 394 g/mol. The maximum Gasteiger partial charge on any atom is 0.279 e. The molecule has 1 unspecified atom stereocenters. The molecule has 1 aromatic heterocycles. The van der Waals surface area contributed by atoms with Gasteiger partial charge in [-0.05, 0) is 45.9 Å². The number of ether oxygens (including phenoxy) is 1. The molecule has 0 aliphatic carbocycles. The van der Waals surface area contributed by atoms with Crippen molar-refractivity contribution in [1.82, 2.24) is 10.9 Å². The number of carbonyl (C=O) groups excluding carboxylic acids is 2. The highest BCUT2D eigenvalue weighted by atomic mass is 79.9. The molecule has 1 aromatic carbocycles. The molecule has 24 heavy (non-hydrogen) atoms. The molecule has 1 heterocycles. The van der Waals surface area contributed by atoms with E-state index in [-0.39, 0.29) is 0 Å². The first-order valence-electron chi connectivity index (χ1n) is 7.38. The molecule has 0 spiro atoms. The summed E-state index contributed by atoms with van der Waals surface area (Å²) in [5.74, 6) is 0.852. The summed E-state index contributed by atoms with van der Waals surface area (Å²) in [7, 11) is 0. The van der Waals surface area contributed by atoms with Gasteiger partial charge in [0.1, 0.15) is 17.3 Å². The summed E-state index contributed by atoms with van der Waals surface area (Å²) in [6, 6.07) is 7.16. The van der Waals surface area contributed by atoms with Gasteiger partial charge in [0.05, 0.1) is 5.56 Å². The van der Waals surface area contributed by atoms with Crippen molar-refractivity contribution in [1.29, 1.82) is 0 Å². The Morgan fingerprint density at radius 3 is 2.46 bits per heavy atom. The average molecular weight is 395 g/mol. The van der Waals surface area contributed by atoms with E-state index in [4.69, 9.17) is 9.15 Å². The Balaban J connectivity index is 1.93. The molecule has 0 aliphatic heterocycles. The third-order valence-corrected chi connectivity index (χ3v) is 4.06. The number of amides is 2. The zero-order valence-corrected chi connectivity index (χ0v) is 15.5. The number of rotatable bonds is 4. The minimum absolute atomic E-state index is 0.424. The van der Waals surface area contributed by atoms with Crippen molar-refractivity contribution in [3.63, 3.8) is 0 Å². The van der Waals surface area contributed by atoms with Gasteiger partial charge in [0.25, 0.3) is 11.8 Å². The van der Waals surface area contributed by atoms with Crippen molar-refractivity contribution in [2.75, 3.05) is 0 Å². The molecule has 1 atom stereocenters. The topological polar surface area (TPSA) is 80.6 Å². The van der Waals surface area contributed by atoms with Crippen LogP contribution >= 0.6 is 15.9 Å². The van der Waals surface area contributed by atoms with E-state index in [0.717, 1.165) is 10.0 Å².